The smallest absolute Gasteiger partial charge is 0.226 e. The zero-order valence-corrected chi connectivity index (χ0v) is 19.5. The average molecular weight is 448 g/mol. The van der Waals surface area contributed by atoms with Gasteiger partial charge in [0.05, 0.1) is 17.8 Å². The van der Waals surface area contributed by atoms with Crippen LogP contribution in [0.3, 0.4) is 0 Å². The topological polar surface area (TPSA) is 62.2 Å². The van der Waals surface area contributed by atoms with E-state index in [2.05, 4.69) is 58.1 Å². The van der Waals surface area contributed by atoms with Gasteiger partial charge in [-0.25, -0.2) is 0 Å². The van der Waals surface area contributed by atoms with Crippen molar-refractivity contribution in [2.75, 3.05) is 11.9 Å². The van der Waals surface area contributed by atoms with E-state index < -0.39 is 0 Å². The first-order chi connectivity index (χ1) is 15.5. The van der Waals surface area contributed by atoms with Gasteiger partial charge in [0.1, 0.15) is 0 Å². The Kier molecular flexibility index (Phi) is 6.55. The number of hydrogen-bond donors (Lipinski definition) is 2. The molecule has 2 N–H and O–H groups in total. The van der Waals surface area contributed by atoms with Crippen molar-refractivity contribution in [3.05, 3.63) is 83.4 Å². The molecule has 1 aromatic carbocycles. The molecule has 32 heavy (non-hydrogen) atoms. The van der Waals surface area contributed by atoms with Gasteiger partial charge in [-0.2, -0.15) is 0 Å². The fourth-order valence-corrected chi connectivity index (χ4v) is 4.62. The van der Waals surface area contributed by atoms with Gasteiger partial charge in [-0.15, -0.1) is 0 Å². The van der Waals surface area contributed by atoms with E-state index in [9.17, 15) is 4.79 Å². The van der Waals surface area contributed by atoms with Gasteiger partial charge in [0, 0.05) is 43.3 Å². The van der Waals surface area contributed by atoms with Crippen LogP contribution in [0.1, 0.15) is 48.1 Å². The lowest BCUT2D eigenvalue weighted by Gasteiger charge is -2.28. The molecule has 0 radical (unpaired) electrons. The minimum absolute atomic E-state index is 0.0169. The minimum atomic E-state index is -0.0828. The molecule has 1 aliphatic rings. The summed E-state index contributed by atoms with van der Waals surface area (Å²) in [5.41, 5.74) is 5.26. The quantitative estimate of drug-likeness (QED) is 0.529. The molecule has 7 heteroatoms. The van der Waals surface area contributed by atoms with Crippen LogP contribution in [-0.2, 0) is 18.3 Å². The Morgan fingerprint density at radius 1 is 1.16 bits per heavy atom. The Hall–Kier alpha value is -3.19. The number of nitrogens with zero attached hydrogens (tertiary/aromatic N) is 3. The third-order valence-corrected chi connectivity index (χ3v) is 6.52. The summed E-state index contributed by atoms with van der Waals surface area (Å²) in [5.74, 6) is -0.0169. The van der Waals surface area contributed by atoms with Crippen molar-refractivity contribution in [1.29, 1.82) is 0 Å². The molecule has 0 saturated carbocycles. The van der Waals surface area contributed by atoms with Gasteiger partial charge in [0.2, 0.25) is 5.91 Å². The molecular weight excluding hydrogens is 418 g/mol. The van der Waals surface area contributed by atoms with Crippen LogP contribution in [0.2, 0.25) is 0 Å². The number of aromatic nitrogens is 2. The molecule has 1 fully saturated rings. The standard InChI is InChI=1S/C25H29N5OS/c1-4-18-9-5-6-10-19(18)27-22(31)14-16-30-24(21-13-12-17(2)29(21)3)23(28-25(30)32)20-11-7-8-15-26-20/h5-13,15,23-24H,4,14,16H2,1-3H3,(H,27,31)(H,28,32). The predicted octanol–water partition coefficient (Wildman–Crippen LogP) is 4.29. The number of para-hydroxylation sites is 1. The van der Waals surface area contributed by atoms with Gasteiger partial charge in [0.25, 0.3) is 0 Å². The van der Waals surface area contributed by atoms with Crippen LogP contribution in [0.25, 0.3) is 0 Å². The van der Waals surface area contributed by atoms with Crippen LogP contribution < -0.4 is 10.6 Å². The number of aryl methyl sites for hydroxylation is 2. The third kappa shape index (κ3) is 4.39. The van der Waals surface area contributed by atoms with Gasteiger partial charge in [0.15, 0.2) is 5.11 Å². The lowest BCUT2D eigenvalue weighted by molar-refractivity contribution is -0.116. The fraction of sp³-hybridized carbons (Fsp3) is 0.320. The van der Waals surface area contributed by atoms with Crippen molar-refractivity contribution >= 4 is 28.9 Å². The fourth-order valence-electron chi connectivity index (χ4n) is 4.28. The van der Waals surface area contributed by atoms with Crippen LogP contribution in [-0.4, -0.2) is 32.0 Å². The monoisotopic (exact) mass is 447 g/mol. The molecule has 0 bridgehead atoms. The highest BCUT2D eigenvalue weighted by Gasteiger charge is 2.41. The zero-order valence-electron chi connectivity index (χ0n) is 18.7. The molecule has 1 aliphatic heterocycles. The van der Waals surface area contributed by atoms with E-state index in [1.165, 1.54) is 5.69 Å². The normalized spacial score (nSPS) is 18.0. The maximum Gasteiger partial charge on any atom is 0.226 e. The molecule has 2 aromatic heterocycles. The second-order valence-electron chi connectivity index (χ2n) is 8.09. The van der Waals surface area contributed by atoms with Gasteiger partial charge >= 0.3 is 0 Å². The van der Waals surface area contributed by atoms with Gasteiger partial charge in [-0.05, 0) is 61.5 Å². The Morgan fingerprint density at radius 3 is 2.62 bits per heavy atom. The van der Waals surface area contributed by atoms with Crippen molar-refractivity contribution in [3.8, 4) is 0 Å². The minimum Gasteiger partial charge on any atom is -0.352 e. The van der Waals surface area contributed by atoms with Gasteiger partial charge < -0.3 is 20.1 Å². The van der Waals surface area contributed by atoms with Crippen LogP contribution in [0.4, 0.5) is 5.69 Å². The summed E-state index contributed by atoms with van der Waals surface area (Å²) < 4.78 is 2.18. The van der Waals surface area contributed by atoms with Crippen molar-refractivity contribution in [2.24, 2.45) is 7.05 Å². The summed E-state index contributed by atoms with van der Waals surface area (Å²) in [6, 6.07) is 18.0. The molecular formula is C25H29N5OS. The number of carbonyl (C=O) groups is 1. The highest BCUT2D eigenvalue weighted by molar-refractivity contribution is 7.80. The molecule has 1 amide bonds. The van der Waals surface area contributed by atoms with E-state index >= 15 is 0 Å². The molecule has 6 nitrogen and oxygen atoms in total. The highest BCUT2D eigenvalue weighted by atomic mass is 32.1. The lowest BCUT2D eigenvalue weighted by atomic mass is 10.0. The van der Waals surface area contributed by atoms with Crippen LogP contribution in [0.15, 0.2) is 60.8 Å². The Balaban J connectivity index is 1.55. The number of nitrogens with one attached hydrogen (secondary N) is 2. The Bertz CT molecular complexity index is 1110. The first-order valence-electron chi connectivity index (χ1n) is 11.0. The van der Waals surface area contributed by atoms with E-state index in [1.807, 2.05) is 42.5 Å². The number of hydrogen-bond acceptors (Lipinski definition) is 3. The van der Waals surface area contributed by atoms with Crippen molar-refractivity contribution < 1.29 is 4.79 Å². The zero-order chi connectivity index (χ0) is 22.7. The molecule has 1 saturated heterocycles. The Labute approximate surface area is 194 Å². The number of rotatable bonds is 7. The van der Waals surface area contributed by atoms with Crippen LogP contribution >= 0.6 is 12.2 Å². The lowest BCUT2D eigenvalue weighted by Crippen LogP contribution is -2.33. The molecule has 0 aliphatic carbocycles. The first kappa shape index (κ1) is 22.0. The Morgan fingerprint density at radius 2 is 1.94 bits per heavy atom. The summed E-state index contributed by atoms with van der Waals surface area (Å²) in [5, 5.41) is 7.16. The van der Waals surface area contributed by atoms with E-state index in [-0.39, 0.29) is 18.0 Å². The number of carbonyl (C=O) groups excluding carboxylic acids is 1. The second kappa shape index (κ2) is 9.53. The van der Waals surface area contributed by atoms with Crippen molar-refractivity contribution in [1.82, 2.24) is 19.8 Å². The summed E-state index contributed by atoms with van der Waals surface area (Å²) in [4.78, 5) is 19.5. The molecule has 2 atom stereocenters. The number of pyridine rings is 1. The molecule has 166 valence electrons. The molecule has 2 unspecified atom stereocenters. The molecule has 3 aromatic rings. The van der Waals surface area contributed by atoms with Crippen molar-refractivity contribution in [3.63, 3.8) is 0 Å². The summed E-state index contributed by atoms with van der Waals surface area (Å²) in [7, 11) is 2.06. The molecule has 3 heterocycles. The first-order valence-corrected chi connectivity index (χ1v) is 11.4. The highest BCUT2D eigenvalue weighted by Crippen LogP contribution is 2.39. The third-order valence-electron chi connectivity index (χ3n) is 6.16. The van der Waals surface area contributed by atoms with Gasteiger partial charge in [-0.3, -0.25) is 9.78 Å². The number of thiocarbonyl (C=S) groups is 1. The summed E-state index contributed by atoms with van der Waals surface area (Å²) in [6.45, 7) is 4.69. The van der Waals surface area contributed by atoms with E-state index in [0.717, 1.165) is 29.1 Å². The largest absolute Gasteiger partial charge is 0.352 e. The molecule has 4 rings (SSSR count). The maximum atomic E-state index is 12.8. The predicted molar refractivity (Wildman–Crippen MR) is 131 cm³/mol. The van der Waals surface area contributed by atoms with E-state index in [4.69, 9.17) is 12.2 Å². The van der Waals surface area contributed by atoms with Crippen LogP contribution in [0.5, 0.6) is 0 Å². The van der Waals surface area contributed by atoms with E-state index in [1.54, 1.807) is 6.20 Å². The maximum absolute atomic E-state index is 12.8. The van der Waals surface area contributed by atoms with Crippen LogP contribution in [0, 0.1) is 6.92 Å². The SMILES string of the molecule is CCc1ccccc1NC(=O)CCN1C(=S)NC(c2ccccn2)C1c1ccc(C)n1C. The number of amides is 1. The van der Waals surface area contributed by atoms with Crippen molar-refractivity contribution in [2.45, 2.75) is 38.8 Å². The number of anilines is 1. The average Bonchev–Trinajstić information content (AvgIpc) is 3.31. The second-order valence-corrected chi connectivity index (χ2v) is 8.47. The molecule has 0 spiro atoms. The number of benzene rings is 1. The van der Waals surface area contributed by atoms with E-state index in [0.29, 0.717) is 18.1 Å². The summed E-state index contributed by atoms with van der Waals surface area (Å²) in [6.07, 6.45) is 3.01. The van der Waals surface area contributed by atoms with Gasteiger partial charge in [-0.1, -0.05) is 31.2 Å². The summed E-state index contributed by atoms with van der Waals surface area (Å²) >= 11 is 5.71.